The van der Waals surface area contributed by atoms with Gasteiger partial charge in [-0.1, -0.05) is 11.8 Å². The van der Waals surface area contributed by atoms with Gasteiger partial charge < -0.3 is 10.4 Å². The zero-order chi connectivity index (χ0) is 15.9. The molecular formula is C14H18N2O4S. The number of aliphatic hydroxyl groups is 1. The Hall–Kier alpha value is -1.88. The molecule has 0 bridgehead atoms. The van der Waals surface area contributed by atoms with Crippen molar-refractivity contribution in [1.82, 2.24) is 5.32 Å². The fourth-order valence-corrected chi connectivity index (χ4v) is 2.25. The zero-order valence-corrected chi connectivity index (χ0v) is 12.5. The second-order valence-electron chi connectivity index (χ2n) is 4.52. The number of nitrogens with two attached hydrogens (primary N) is 1. The van der Waals surface area contributed by atoms with Crippen molar-refractivity contribution in [1.29, 1.82) is 0 Å². The molecule has 0 fully saturated rings. The van der Waals surface area contributed by atoms with E-state index in [9.17, 15) is 13.2 Å². The molecule has 1 aromatic rings. The summed E-state index contributed by atoms with van der Waals surface area (Å²) in [6.45, 7) is 1.81. The summed E-state index contributed by atoms with van der Waals surface area (Å²) in [5, 5.41) is 16.2. The number of nitrogens with one attached hydrogen (secondary N) is 1. The van der Waals surface area contributed by atoms with Gasteiger partial charge in [0.25, 0.3) is 5.91 Å². The van der Waals surface area contributed by atoms with Crippen molar-refractivity contribution in [2.75, 3.05) is 18.9 Å². The van der Waals surface area contributed by atoms with E-state index in [1.165, 1.54) is 0 Å². The summed E-state index contributed by atoms with van der Waals surface area (Å²) in [4.78, 5) is 12.0. The van der Waals surface area contributed by atoms with Crippen LogP contribution in [0.5, 0.6) is 0 Å². The number of aliphatic hydroxyl groups excluding tert-OH is 1. The first-order valence-corrected chi connectivity index (χ1v) is 8.03. The number of primary sulfonamides is 1. The van der Waals surface area contributed by atoms with E-state index in [2.05, 4.69) is 17.2 Å². The number of sulfonamides is 1. The average Bonchev–Trinajstić information content (AvgIpc) is 2.39. The van der Waals surface area contributed by atoms with Gasteiger partial charge >= 0.3 is 0 Å². The summed E-state index contributed by atoms with van der Waals surface area (Å²) in [5.74, 6) is 4.78. The molecule has 0 radical (unpaired) electrons. The van der Waals surface area contributed by atoms with Crippen LogP contribution in [0.2, 0.25) is 0 Å². The van der Waals surface area contributed by atoms with Crippen LogP contribution in [-0.2, 0) is 10.0 Å². The van der Waals surface area contributed by atoms with Crippen molar-refractivity contribution in [3.63, 3.8) is 0 Å². The maximum atomic E-state index is 12.0. The lowest BCUT2D eigenvalue weighted by molar-refractivity contribution is 0.0953. The van der Waals surface area contributed by atoms with Crippen LogP contribution in [0.15, 0.2) is 18.2 Å². The highest BCUT2D eigenvalue weighted by molar-refractivity contribution is 7.89. The number of benzene rings is 1. The van der Waals surface area contributed by atoms with E-state index < -0.39 is 10.0 Å². The molecule has 0 saturated carbocycles. The molecule has 4 N–H and O–H groups in total. The Morgan fingerprint density at radius 2 is 2.10 bits per heavy atom. The SMILES string of the molecule is Cc1cc(C#CCO)cc(C(=O)NCCCS(N)(=O)=O)c1. The van der Waals surface area contributed by atoms with E-state index in [0.717, 1.165) is 5.56 Å². The molecule has 0 atom stereocenters. The third-order valence-corrected chi connectivity index (χ3v) is 3.40. The van der Waals surface area contributed by atoms with E-state index in [1.807, 2.05) is 6.92 Å². The van der Waals surface area contributed by atoms with E-state index in [0.29, 0.717) is 11.1 Å². The molecule has 1 rings (SSSR count). The van der Waals surface area contributed by atoms with Crippen LogP contribution >= 0.6 is 0 Å². The van der Waals surface area contributed by atoms with Crippen molar-refractivity contribution in [3.05, 3.63) is 34.9 Å². The van der Waals surface area contributed by atoms with Gasteiger partial charge in [-0.3, -0.25) is 4.79 Å². The van der Waals surface area contributed by atoms with E-state index >= 15 is 0 Å². The van der Waals surface area contributed by atoms with Crippen LogP contribution < -0.4 is 10.5 Å². The Balaban J connectivity index is 2.67. The molecule has 7 heteroatoms. The lowest BCUT2D eigenvalue weighted by Gasteiger charge is -2.06. The van der Waals surface area contributed by atoms with Gasteiger partial charge in [0.15, 0.2) is 0 Å². The molecule has 0 aliphatic carbocycles. The van der Waals surface area contributed by atoms with E-state index in [4.69, 9.17) is 10.2 Å². The van der Waals surface area contributed by atoms with Crippen LogP contribution in [0.4, 0.5) is 0 Å². The monoisotopic (exact) mass is 310 g/mol. The Bertz CT molecular complexity index is 672. The van der Waals surface area contributed by atoms with E-state index in [-0.39, 0.29) is 31.2 Å². The van der Waals surface area contributed by atoms with Crippen LogP contribution in [-0.4, -0.2) is 38.3 Å². The molecule has 21 heavy (non-hydrogen) atoms. The number of carbonyl (C=O) groups is 1. The molecule has 1 aromatic carbocycles. The summed E-state index contributed by atoms with van der Waals surface area (Å²) in [6, 6.07) is 5.13. The normalized spacial score (nSPS) is 10.6. The largest absolute Gasteiger partial charge is 0.384 e. The standard InChI is InChI=1S/C14H18N2O4S/c1-11-8-12(4-2-6-17)10-13(9-11)14(18)16-5-3-7-21(15,19)20/h8-10,17H,3,5-7H2,1H3,(H,16,18)(H2,15,19,20). The predicted octanol–water partition coefficient (Wildman–Crippen LogP) is -0.253. The van der Waals surface area contributed by atoms with Gasteiger partial charge in [0.05, 0.1) is 5.75 Å². The molecule has 1 amide bonds. The van der Waals surface area contributed by atoms with Gasteiger partial charge in [0.1, 0.15) is 6.61 Å². The Morgan fingerprint density at radius 1 is 1.38 bits per heavy atom. The Morgan fingerprint density at radius 3 is 2.71 bits per heavy atom. The van der Waals surface area contributed by atoms with Gasteiger partial charge in [-0.15, -0.1) is 0 Å². The molecule has 6 nitrogen and oxygen atoms in total. The fourth-order valence-electron chi connectivity index (χ4n) is 1.71. The highest BCUT2D eigenvalue weighted by Crippen LogP contribution is 2.09. The Kier molecular flexibility index (Phi) is 6.37. The lowest BCUT2D eigenvalue weighted by Crippen LogP contribution is -2.27. The van der Waals surface area contributed by atoms with Crippen LogP contribution in [0.25, 0.3) is 0 Å². The molecule has 0 aliphatic heterocycles. The van der Waals surface area contributed by atoms with Gasteiger partial charge in [-0.05, 0) is 37.1 Å². The number of carbonyl (C=O) groups excluding carboxylic acids is 1. The van der Waals surface area contributed by atoms with Crippen molar-refractivity contribution < 1.29 is 18.3 Å². The predicted molar refractivity (Wildman–Crippen MR) is 80.1 cm³/mol. The second-order valence-corrected chi connectivity index (χ2v) is 6.26. The molecule has 0 aliphatic rings. The van der Waals surface area contributed by atoms with Crippen molar-refractivity contribution >= 4 is 15.9 Å². The van der Waals surface area contributed by atoms with Crippen LogP contribution in [0.1, 0.15) is 27.9 Å². The second kappa shape index (κ2) is 7.78. The maximum Gasteiger partial charge on any atom is 0.251 e. The van der Waals surface area contributed by atoms with Gasteiger partial charge in [-0.25, -0.2) is 13.6 Å². The topological polar surface area (TPSA) is 109 Å². The molecule has 114 valence electrons. The summed E-state index contributed by atoms with van der Waals surface area (Å²) in [5.41, 5.74) is 1.95. The minimum Gasteiger partial charge on any atom is -0.384 e. The molecule has 0 saturated heterocycles. The number of amides is 1. The number of hydrogen-bond donors (Lipinski definition) is 3. The maximum absolute atomic E-state index is 12.0. The summed E-state index contributed by atoms with van der Waals surface area (Å²) in [7, 11) is -3.50. The van der Waals surface area contributed by atoms with Gasteiger partial charge in [-0.2, -0.15) is 0 Å². The average molecular weight is 310 g/mol. The highest BCUT2D eigenvalue weighted by atomic mass is 32.2. The minimum absolute atomic E-state index is 0.172. The van der Waals surface area contributed by atoms with Crippen molar-refractivity contribution in [3.8, 4) is 11.8 Å². The smallest absolute Gasteiger partial charge is 0.251 e. The summed E-state index contributed by atoms with van der Waals surface area (Å²) in [6.07, 6.45) is 0.258. The number of aryl methyl sites for hydroxylation is 1. The minimum atomic E-state index is -3.50. The van der Waals surface area contributed by atoms with Gasteiger partial charge in [0, 0.05) is 17.7 Å². The molecule has 0 aromatic heterocycles. The van der Waals surface area contributed by atoms with Crippen molar-refractivity contribution in [2.24, 2.45) is 5.14 Å². The third-order valence-electron chi connectivity index (χ3n) is 2.54. The van der Waals surface area contributed by atoms with Crippen LogP contribution in [0, 0.1) is 18.8 Å². The van der Waals surface area contributed by atoms with Gasteiger partial charge in [0.2, 0.25) is 10.0 Å². The Labute approximate surface area is 124 Å². The highest BCUT2D eigenvalue weighted by Gasteiger charge is 2.08. The summed E-state index contributed by atoms with van der Waals surface area (Å²) < 4.78 is 21.5. The fraction of sp³-hybridized carbons (Fsp3) is 0.357. The van der Waals surface area contributed by atoms with Crippen molar-refractivity contribution in [2.45, 2.75) is 13.3 Å². The number of hydrogen-bond acceptors (Lipinski definition) is 4. The zero-order valence-electron chi connectivity index (χ0n) is 11.7. The molecule has 0 heterocycles. The molecule has 0 spiro atoms. The first kappa shape index (κ1) is 17.2. The first-order chi connectivity index (χ1) is 9.81. The number of rotatable bonds is 5. The van der Waals surface area contributed by atoms with E-state index in [1.54, 1.807) is 18.2 Å². The third kappa shape index (κ3) is 6.90. The first-order valence-electron chi connectivity index (χ1n) is 6.32. The van der Waals surface area contributed by atoms with Crippen LogP contribution in [0.3, 0.4) is 0 Å². The lowest BCUT2D eigenvalue weighted by atomic mass is 10.1. The summed E-state index contributed by atoms with van der Waals surface area (Å²) >= 11 is 0. The molecular weight excluding hydrogens is 292 g/mol. The molecule has 0 unspecified atom stereocenters. The quantitative estimate of drug-likeness (QED) is 0.514.